The van der Waals surface area contributed by atoms with E-state index < -0.39 is 0 Å². The first-order valence-electron chi connectivity index (χ1n) is 9.15. The summed E-state index contributed by atoms with van der Waals surface area (Å²) in [6.45, 7) is 3.92. The van der Waals surface area contributed by atoms with Crippen molar-refractivity contribution in [2.24, 2.45) is 0 Å². The Balaban J connectivity index is 1.50. The van der Waals surface area contributed by atoms with Crippen LogP contribution in [0.3, 0.4) is 0 Å². The summed E-state index contributed by atoms with van der Waals surface area (Å²) in [5.74, 6) is 2.12. The van der Waals surface area contributed by atoms with E-state index in [0.717, 1.165) is 5.56 Å². The molecule has 2 amide bonds. The zero-order valence-electron chi connectivity index (χ0n) is 15.8. The zero-order chi connectivity index (χ0) is 19.9. The first-order chi connectivity index (χ1) is 13.5. The van der Waals surface area contributed by atoms with Crippen LogP contribution in [0.5, 0.6) is 11.5 Å². The van der Waals surface area contributed by atoms with E-state index >= 15 is 0 Å². The second kappa shape index (κ2) is 9.59. The molecule has 0 spiro atoms. The first kappa shape index (κ1) is 20.2. The molecule has 0 aromatic heterocycles. The summed E-state index contributed by atoms with van der Waals surface area (Å²) in [4.78, 5) is 27.4. The van der Waals surface area contributed by atoms with Crippen molar-refractivity contribution < 1.29 is 18.7 Å². The SMILES string of the molecule is CC(=O)N1CCN(C(=O)CSCc2ccccc2Oc2ccc(F)cc2)CC1. The maximum absolute atomic E-state index is 13.0. The summed E-state index contributed by atoms with van der Waals surface area (Å²) >= 11 is 1.53. The number of thioether (sulfide) groups is 1. The van der Waals surface area contributed by atoms with E-state index in [1.54, 1.807) is 24.0 Å². The molecule has 2 aromatic rings. The van der Waals surface area contributed by atoms with Gasteiger partial charge in [-0.3, -0.25) is 9.59 Å². The molecule has 0 saturated carbocycles. The molecule has 0 atom stereocenters. The van der Waals surface area contributed by atoms with E-state index in [9.17, 15) is 14.0 Å². The molecule has 1 aliphatic rings. The minimum atomic E-state index is -0.307. The molecule has 28 heavy (non-hydrogen) atoms. The number of piperazine rings is 1. The van der Waals surface area contributed by atoms with Crippen molar-refractivity contribution >= 4 is 23.6 Å². The standard InChI is InChI=1S/C21H23FN2O3S/c1-16(25)23-10-12-24(13-11-23)21(26)15-28-14-17-4-2-3-5-20(17)27-19-8-6-18(22)7-9-19/h2-9H,10-15H2,1H3. The van der Waals surface area contributed by atoms with Crippen LogP contribution < -0.4 is 4.74 Å². The Morgan fingerprint density at radius 2 is 1.64 bits per heavy atom. The molecule has 1 heterocycles. The summed E-state index contributed by atoms with van der Waals surface area (Å²) in [6.07, 6.45) is 0. The highest BCUT2D eigenvalue weighted by Crippen LogP contribution is 2.28. The van der Waals surface area contributed by atoms with Crippen LogP contribution in [0.25, 0.3) is 0 Å². The Bertz CT molecular complexity index is 821. The number of amides is 2. The fraction of sp³-hybridized carbons (Fsp3) is 0.333. The van der Waals surface area contributed by atoms with E-state index in [1.165, 1.54) is 23.9 Å². The molecular formula is C21H23FN2O3S. The van der Waals surface area contributed by atoms with E-state index in [0.29, 0.717) is 49.2 Å². The van der Waals surface area contributed by atoms with Crippen molar-refractivity contribution in [3.05, 3.63) is 59.9 Å². The molecule has 5 nitrogen and oxygen atoms in total. The van der Waals surface area contributed by atoms with Crippen LogP contribution in [0.1, 0.15) is 12.5 Å². The third-order valence-corrected chi connectivity index (χ3v) is 5.54. The molecule has 0 radical (unpaired) electrons. The van der Waals surface area contributed by atoms with Gasteiger partial charge in [-0.15, -0.1) is 11.8 Å². The lowest BCUT2D eigenvalue weighted by Gasteiger charge is -2.34. The van der Waals surface area contributed by atoms with E-state index in [-0.39, 0.29) is 17.6 Å². The van der Waals surface area contributed by atoms with Crippen LogP contribution in [0.15, 0.2) is 48.5 Å². The number of para-hydroxylation sites is 1. The second-order valence-electron chi connectivity index (χ2n) is 6.54. The van der Waals surface area contributed by atoms with Gasteiger partial charge >= 0.3 is 0 Å². The van der Waals surface area contributed by atoms with Crippen molar-refractivity contribution in [3.8, 4) is 11.5 Å². The maximum Gasteiger partial charge on any atom is 0.232 e. The van der Waals surface area contributed by atoms with Gasteiger partial charge in [0.15, 0.2) is 0 Å². The largest absolute Gasteiger partial charge is 0.457 e. The Kier molecular flexibility index (Phi) is 6.92. The quantitative estimate of drug-likeness (QED) is 0.742. The zero-order valence-corrected chi connectivity index (χ0v) is 16.6. The van der Waals surface area contributed by atoms with Crippen molar-refractivity contribution in [1.82, 2.24) is 9.80 Å². The summed E-state index contributed by atoms with van der Waals surface area (Å²) in [7, 11) is 0. The van der Waals surface area contributed by atoms with Gasteiger partial charge < -0.3 is 14.5 Å². The predicted molar refractivity (Wildman–Crippen MR) is 108 cm³/mol. The molecule has 148 valence electrons. The molecule has 0 aliphatic carbocycles. The fourth-order valence-electron chi connectivity index (χ4n) is 2.96. The minimum Gasteiger partial charge on any atom is -0.457 e. The van der Waals surface area contributed by atoms with Crippen molar-refractivity contribution in [3.63, 3.8) is 0 Å². The average Bonchev–Trinajstić information content (AvgIpc) is 2.71. The van der Waals surface area contributed by atoms with Crippen LogP contribution >= 0.6 is 11.8 Å². The predicted octanol–water partition coefficient (Wildman–Crippen LogP) is 3.54. The van der Waals surface area contributed by atoms with Gasteiger partial charge in [0.05, 0.1) is 5.75 Å². The molecule has 7 heteroatoms. The van der Waals surface area contributed by atoms with Gasteiger partial charge in [0.25, 0.3) is 0 Å². The van der Waals surface area contributed by atoms with Crippen molar-refractivity contribution in [2.75, 3.05) is 31.9 Å². The van der Waals surface area contributed by atoms with E-state index in [4.69, 9.17) is 4.74 Å². The number of rotatable bonds is 6. The van der Waals surface area contributed by atoms with Crippen LogP contribution in [-0.2, 0) is 15.3 Å². The topological polar surface area (TPSA) is 49.9 Å². The number of hydrogen-bond donors (Lipinski definition) is 0. The highest BCUT2D eigenvalue weighted by molar-refractivity contribution is 7.99. The molecule has 0 unspecified atom stereocenters. The Hall–Kier alpha value is -2.54. The number of halogens is 1. The highest BCUT2D eigenvalue weighted by atomic mass is 32.2. The van der Waals surface area contributed by atoms with Crippen molar-refractivity contribution in [1.29, 1.82) is 0 Å². The molecule has 3 rings (SSSR count). The van der Waals surface area contributed by atoms with Crippen LogP contribution in [0.4, 0.5) is 4.39 Å². The molecule has 2 aromatic carbocycles. The normalized spacial score (nSPS) is 14.1. The lowest BCUT2D eigenvalue weighted by Crippen LogP contribution is -2.50. The first-order valence-corrected chi connectivity index (χ1v) is 10.3. The Labute approximate surface area is 168 Å². The minimum absolute atomic E-state index is 0.0548. The number of nitrogens with zero attached hydrogens (tertiary/aromatic N) is 2. The van der Waals surface area contributed by atoms with Gasteiger partial charge in [-0.25, -0.2) is 4.39 Å². The van der Waals surface area contributed by atoms with Gasteiger partial charge in [-0.1, -0.05) is 18.2 Å². The van der Waals surface area contributed by atoms with Crippen molar-refractivity contribution in [2.45, 2.75) is 12.7 Å². The monoisotopic (exact) mass is 402 g/mol. The van der Waals surface area contributed by atoms with Crippen LogP contribution in [0.2, 0.25) is 0 Å². The maximum atomic E-state index is 13.0. The molecule has 1 fully saturated rings. The van der Waals surface area contributed by atoms with Gasteiger partial charge in [-0.05, 0) is 30.3 Å². The lowest BCUT2D eigenvalue weighted by atomic mass is 10.2. The third-order valence-electron chi connectivity index (χ3n) is 4.57. The molecular weight excluding hydrogens is 379 g/mol. The number of carbonyl (C=O) groups is 2. The van der Waals surface area contributed by atoms with Crippen LogP contribution in [0, 0.1) is 5.82 Å². The number of carbonyl (C=O) groups excluding carboxylic acids is 2. The van der Waals surface area contributed by atoms with E-state index in [1.807, 2.05) is 29.2 Å². The third kappa shape index (κ3) is 5.48. The Morgan fingerprint density at radius 1 is 1.00 bits per heavy atom. The molecule has 0 bridgehead atoms. The van der Waals surface area contributed by atoms with Crippen LogP contribution in [-0.4, -0.2) is 53.5 Å². The summed E-state index contributed by atoms with van der Waals surface area (Å²) < 4.78 is 18.9. The number of hydrogen-bond acceptors (Lipinski definition) is 4. The van der Waals surface area contributed by atoms with Gasteiger partial charge in [-0.2, -0.15) is 0 Å². The van der Waals surface area contributed by atoms with Gasteiger partial charge in [0, 0.05) is 44.4 Å². The smallest absolute Gasteiger partial charge is 0.232 e. The lowest BCUT2D eigenvalue weighted by molar-refractivity contribution is -0.136. The molecule has 0 N–H and O–H groups in total. The Morgan fingerprint density at radius 3 is 2.32 bits per heavy atom. The number of ether oxygens (including phenoxy) is 1. The van der Waals surface area contributed by atoms with Gasteiger partial charge in [0.1, 0.15) is 17.3 Å². The highest BCUT2D eigenvalue weighted by Gasteiger charge is 2.22. The number of benzene rings is 2. The molecule has 1 aliphatic heterocycles. The summed E-state index contributed by atoms with van der Waals surface area (Å²) in [6, 6.07) is 13.5. The summed E-state index contributed by atoms with van der Waals surface area (Å²) in [5.41, 5.74) is 0.978. The second-order valence-corrected chi connectivity index (χ2v) is 7.53. The fourth-order valence-corrected chi connectivity index (χ4v) is 3.88. The molecule has 1 saturated heterocycles. The van der Waals surface area contributed by atoms with E-state index in [2.05, 4.69) is 0 Å². The summed E-state index contributed by atoms with van der Waals surface area (Å²) in [5, 5.41) is 0. The average molecular weight is 402 g/mol. The van der Waals surface area contributed by atoms with Gasteiger partial charge in [0.2, 0.25) is 11.8 Å².